The van der Waals surface area contributed by atoms with Gasteiger partial charge in [-0.25, -0.2) is 0 Å². The molecule has 1 N–H and O–H groups in total. The zero-order valence-corrected chi connectivity index (χ0v) is 13.3. The molecule has 0 spiro atoms. The molecule has 2 atom stereocenters. The number of benzene rings is 1. The molecule has 1 aromatic rings. The van der Waals surface area contributed by atoms with Crippen molar-refractivity contribution in [1.29, 1.82) is 0 Å². The number of halogens is 1. The van der Waals surface area contributed by atoms with Gasteiger partial charge in [-0.15, -0.1) is 0 Å². The summed E-state index contributed by atoms with van der Waals surface area (Å²) in [6.45, 7) is 6.66. The van der Waals surface area contributed by atoms with E-state index >= 15 is 0 Å². The Bertz CT molecular complexity index is 391. The van der Waals surface area contributed by atoms with E-state index in [9.17, 15) is 0 Å². The first-order valence-electron chi connectivity index (χ1n) is 7.15. The summed E-state index contributed by atoms with van der Waals surface area (Å²) in [5.41, 5.74) is 3.93. The molecule has 18 heavy (non-hydrogen) atoms. The Morgan fingerprint density at radius 3 is 2.39 bits per heavy atom. The minimum absolute atomic E-state index is 0.670. The number of hydrogen-bond acceptors (Lipinski definition) is 1. The molecule has 0 aromatic heterocycles. The van der Waals surface area contributed by atoms with Crippen molar-refractivity contribution in [2.24, 2.45) is 5.92 Å². The van der Waals surface area contributed by atoms with Crippen LogP contribution in [0, 0.1) is 19.8 Å². The summed E-state index contributed by atoms with van der Waals surface area (Å²) in [6, 6.07) is 5.19. The van der Waals surface area contributed by atoms with Crippen molar-refractivity contribution in [2.75, 3.05) is 5.32 Å². The Morgan fingerprint density at radius 2 is 1.78 bits per heavy atom. The second-order valence-electron chi connectivity index (χ2n) is 5.63. The molecule has 0 aliphatic heterocycles. The van der Waals surface area contributed by atoms with Gasteiger partial charge in [0.2, 0.25) is 0 Å². The van der Waals surface area contributed by atoms with Gasteiger partial charge in [-0.2, -0.15) is 0 Å². The second kappa shape index (κ2) is 6.10. The summed E-state index contributed by atoms with van der Waals surface area (Å²) in [7, 11) is 0. The predicted molar refractivity (Wildman–Crippen MR) is 83.3 cm³/mol. The van der Waals surface area contributed by atoms with Crippen LogP contribution >= 0.6 is 15.9 Å². The minimum atomic E-state index is 0.670. The quantitative estimate of drug-likeness (QED) is 0.783. The van der Waals surface area contributed by atoms with Gasteiger partial charge in [-0.05, 0) is 55.9 Å². The lowest BCUT2D eigenvalue weighted by Gasteiger charge is -2.32. The molecule has 1 aliphatic rings. The summed E-state index contributed by atoms with van der Waals surface area (Å²) in [6.07, 6.45) is 6.80. The fraction of sp³-hybridized carbons (Fsp3) is 0.625. The Labute approximate surface area is 119 Å². The lowest BCUT2D eigenvalue weighted by Crippen LogP contribution is -2.31. The van der Waals surface area contributed by atoms with Crippen molar-refractivity contribution in [3.05, 3.63) is 27.7 Å². The van der Waals surface area contributed by atoms with Crippen LogP contribution in [-0.4, -0.2) is 6.04 Å². The normalized spacial score (nSPS) is 24.0. The first kappa shape index (κ1) is 13.9. The van der Waals surface area contributed by atoms with Gasteiger partial charge in [0.05, 0.1) is 0 Å². The van der Waals surface area contributed by atoms with E-state index in [1.165, 1.54) is 53.4 Å². The molecule has 100 valence electrons. The van der Waals surface area contributed by atoms with Crippen molar-refractivity contribution in [1.82, 2.24) is 0 Å². The van der Waals surface area contributed by atoms with Gasteiger partial charge in [-0.1, -0.05) is 42.1 Å². The highest BCUT2D eigenvalue weighted by Crippen LogP contribution is 2.31. The lowest BCUT2D eigenvalue weighted by molar-refractivity contribution is 0.317. The topological polar surface area (TPSA) is 12.0 Å². The molecule has 0 bridgehead atoms. The largest absolute Gasteiger partial charge is 0.382 e. The van der Waals surface area contributed by atoms with E-state index in [0.717, 1.165) is 5.92 Å². The maximum atomic E-state index is 3.77. The second-order valence-corrected chi connectivity index (χ2v) is 6.42. The summed E-state index contributed by atoms with van der Waals surface area (Å²) in [4.78, 5) is 0. The molecule has 1 fully saturated rings. The monoisotopic (exact) mass is 309 g/mol. The predicted octanol–water partition coefficient (Wildman–Crippen LogP) is 5.45. The zero-order chi connectivity index (χ0) is 13.1. The van der Waals surface area contributed by atoms with E-state index in [-0.39, 0.29) is 0 Å². The Hall–Kier alpha value is -0.500. The first-order valence-corrected chi connectivity index (χ1v) is 7.94. The highest BCUT2D eigenvalue weighted by atomic mass is 79.9. The zero-order valence-electron chi connectivity index (χ0n) is 11.7. The molecule has 0 radical (unpaired) electrons. The fourth-order valence-electron chi connectivity index (χ4n) is 3.13. The van der Waals surface area contributed by atoms with Crippen molar-refractivity contribution in [3.8, 4) is 0 Å². The third kappa shape index (κ3) is 3.09. The van der Waals surface area contributed by atoms with Crippen LogP contribution in [0.25, 0.3) is 0 Å². The van der Waals surface area contributed by atoms with E-state index in [0.29, 0.717) is 6.04 Å². The highest BCUT2D eigenvalue weighted by Gasteiger charge is 2.23. The lowest BCUT2D eigenvalue weighted by atomic mass is 9.83. The van der Waals surface area contributed by atoms with E-state index in [2.05, 4.69) is 54.2 Å². The van der Waals surface area contributed by atoms with Gasteiger partial charge in [0, 0.05) is 16.2 Å². The van der Waals surface area contributed by atoms with Gasteiger partial charge < -0.3 is 5.32 Å². The van der Waals surface area contributed by atoms with Gasteiger partial charge in [0.15, 0.2) is 0 Å². The van der Waals surface area contributed by atoms with Crippen LogP contribution in [0.3, 0.4) is 0 Å². The smallest absolute Gasteiger partial charge is 0.0348 e. The molecule has 0 heterocycles. The summed E-state index contributed by atoms with van der Waals surface area (Å²) in [5, 5.41) is 3.77. The van der Waals surface area contributed by atoms with E-state index in [1.807, 2.05) is 0 Å². The van der Waals surface area contributed by atoms with E-state index in [1.54, 1.807) is 0 Å². The van der Waals surface area contributed by atoms with Crippen LogP contribution < -0.4 is 5.32 Å². The first-order chi connectivity index (χ1) is 8.61. The Balaban J connectivity index is 2.13. The number of nitrogens with one attached hydrogen (secondary N) is 1. The number of aryl methyl sites for hydroxylation is 2. The highest BCUT2D eigenvalue weighted by molar-refractivity contribution is 9.10. The summed E-state index contributed by atoms with van der Waals surface area (Å²) in [5.74, 6) is 0.850. The molecule has 1 saturated carbocycles. The summed E-state index contributed by atoms with van der Waals surface area (Å²) >= 11 is 3.64. The molecule has 0 amide bonds. The molecular formula is C16H24BrN. The minimum Gasteiger partial charge on any atom is -0.382 e. The number of hydrogen-bond donors (Lipinski definition) is 1. The van der Waals surface area contributed by atoms with Crippen molar-refractivity contribution in [3.63, 3.8) is 0 Å². The molecule has 1 aromatic carbocycles. The number of anilines is 1. The maximum absolute atomic E-state index is 3.77. The van der Waals surface area contributed by atoms with E-state index in [4.69, 9.17) is 0 Å². The van der Waals surface area contributed by atoms with Gasteiger partial charge >= 0.3 is 0 Å². The standard InChI is InChI=1S/C16H24BrN/c1-4-13-7-5-6-8-15(13)18-14-9-11(2)16(17)12(3)10-14/h9-10,13,15,18H,4-8H2,1-3H3. The molecule has 2 heteroatoms. The summed E-state index contributed by atoms with van der Waals surface area (Å²) < 4.78 is 1.24. The molecule has 0 saturated heterocycles. The average molecular weight is 310 g/mol. The van der Waals surface area contributed by atoms with Crippen LogP contribution in [-0.2, 0) is 0 Å². The third-order valence-corrected chi connectivity index (χ3v) is 5.47. The Morgan fingerprint density at radius 1 is 1.17 bits per heavy atom. The molecule has 2 rings (SSSR count). The molecule has 1 aliphatic carbocycles. The SMILES string of the molecule is CCC1CCCCC1Nc1cc(C)c(Br)c(C)c1. The van der Waals surface area contributed by atoms with Crippen LogP contribution in [0.2, 0.25) is 0 Å². The average Bonchev–Trinajstić information content (AvgIpc) is 2.36. The van der Waals surface area contributed by atoms with Crippen molar-refractivity contribution in [2.45, 2.75) is 58.9 Å². The van der Waals surface area contributed by atoms with E-state index < -0.39 is 0 Å². The molecular weight excluding hydrogens is 286 g/mol. The molecule has 1 nitrogen and oxygen atoms in total. The Kier molecular flexibility index (Phi) is 4.71. The third-order valence-electron chi connectivity index (χ3n) is 4.22. The van der Waals surface area contributed by atoms with Crippen LogP contribution in [0.15, 0.2) is 16.6 Å². The van der Waals surface area contributed by atoms with Crippen LogP contribution in [0.4, 0.5) is 5.69 Å². The number of rotatable bonds is 3. The van der Waals surface area contributed by atoms with Crippen molar-refractivity contribution < 1.29 is 0 Å². The van der Waals surface area contributed by atoms with Crippen LogP contribution in [0.1, 0.15) is 50.2 Å². The van der Waals surface area contributed by atoms with Crippen molar-refractivity contribution >= 4 is 21.6 Å². The van der Waals surface area contributed by atoms with Gasteiger partial charge in [0.25, 0.3) is 0 Å². The van der Waals surface area contributed by atoms with Gasteiger partial charge in [0.1, 0.15) is 0 Å². The fourth-order valence-corrected chi connectivity index (χ4v) is 3.36. The van der Waals surface area contributed by atoms with Crippen LogP contribution in [0.5, 0.6) is 0 Å². The maximum Gasteiger partial charge on any atom is 0.0348 e. The van der Waals surface area contributed by atoms with Gasteiger partial charge in [-0.3, -0.25) is 0 Å². The molecule has 2 unspecified atom stereocenters.